The first-order valence-electron chi connectivity index (χ1n) is 9.50. The summed E-state index contributed by atoms with van der Waals surface area (Å²) < 4.78 is 25.9. The van der Waals surface area contributed by atoms with Crippen LogP contribution in [0.2, 0.25) is 0 Å². The van der Waals surface area contributed by atoms with Crippen LogP contribution in [0.5, 0.6) is 11.5 Å². The van der Waals surface area contributed by atoms with Gasteiger partial charge in [-0.1, -0.05) is 30.3 Å². The highest BCUT2D eigenvalue weighted by Gasteiger charge is 2.14. The SMILES string of the molecule is CCOc1cc(/C=C(/C#N)c2cccc(F)c2)cc(Br)c1OCc1ccccc1C#N. The van der Waals surface area contributed by atoms with Crippen molar-refractivity contribution in [2.45, 2.75) is 13.5 Å². The van der Waals surface area contributed by atoms with E-state index in [9.17, 15) is 14.9 Å². The molecule has 0 spiro atoms. The van der Waals surface area contributed by atoms with Crippen LogP contribution in [-0.4, -0.2) is 6.61 Å². The summed E-state index contributed by atoms with van der Waals surface area (Å²) in [6.45, 7) is 2.47. The van der Waals surface area contributed by atoms with E-state index in [1.54, 1.807) is 42.5 Å². The second kappa shape index (κ2) is 10.4. The Balaban J connectivity index is 1.95. The lowest BCUT2D eigenvalue weighted by atomic mass is 10.0. The average molecular weight is 477 g/mol. The van der Waals surface area contributed by atoms with Gasteiger partial charge in [-0.3, -0.25) is 0 Å². The van der Waals surface area contributed by atoms with Gasteiger partial charge in [-0.25, -0.2) is 4.39 Å². The lowest BCUT2D eigenvalue weighted by Gasteiger charge is -2.15. The molecule has 3 rings (SSSR count). The third-order valence-electron chi connectivity index (χ3n) is 4.41. The Kier molecular flexibility index (Phi) is 7.43. The molecular weight excluding hydrogens is 459 g/mol. The highest BCUT2D eigenvalue weighted by molar-refractivity contribution is 9.10. The van der Waals surface area contributed by atoms with Crippen molar-refractivity contribution in [2.24, 2.45) is 0 Å². The molecule has 154 valence electrons. The molecule has 0 aliphatic heterocycles. The molecule has 3 aromatic carbocycles. The van der Waals surface area contributed by atoms with Crippen molar-refractivity contribution in [3.8, 4) is 23.6 Å². The number of halogens is 2. The van der Waals surface area contributed by atoms with Crippen LogP contribution in [0.15, 0.2) is 65.1 Å². The molecular formula is C25H18BrFN2O2. The van der Waals surface area contributed by atoms with Gasteiger partial charge in [0.2, 0.25) is 0 Å². The lowest BCUT2D eigenvalue weighted by molar-refractivity contribution is 0.267. The quantitative estimate of drug-likeness (QED) is 0.288. The van der Waals surface area contributed by atoms with E-state index in [1.807, 2.05) is 19.1 Å². The fourth-order valence-corrected chi connectivity index (χ4v) is 3.56. The van der Waals surface area contributed by atoms with Crippen LogP contribution in [0.4, 0.5) is 4.39 Å². The van der Waals surface area contributed by atoms with Gasteiger partial charge in [0.05, 0.1) is 34.4 Å². The largest absolute Gasteiger partial charge is 0.490 e. The zero-order valence-corrected chi connectivity index (χ0v) is 18.3. The van der Waals surface area contributed by atoms with E-state index in [0.29, 0.717) is 44.8 Å². The molecule has 0 amide bonds. The molecule has 0 bridgehead atoms. The molecule has 0 unspecified atom stereocenters. The Morgan fingerprint density at radius 2 is 1.87 bits per heavy atom. The first-order valence-corrected chi connectivity index (χ1v) is 10.3. The number of nitriles is 2. The van der Waals surface area contributed by atoms with E-state index >= 15 is 0 Å². The van der Waals surface area contributed by atoms with Gasteiger partial charge >= 0.3 is 0 Å². The molecule has 0 saturated heterocycles. The molecule has 0 aliphatic carbocycles. The summed E-state index contributed by atoms with van der Waals surface area (Å²) in [4.78, 5) is 0. The number of rotatable bonds is 7. The third-order valence-corrected chi connectivity index (χ3v) is 5.00. The second-order valence-electron chi connectivity index (χ2n) is 6.50. The maximum Gasteiger partial charge on any atom is 0.175 e. The van der Waals surface area contributed by atoms with Crippen LogP contribution in [-0.2, 0) is 6.61 Å². The van der Waals surface area contributed by atoms with Crippen molar-refractivity contribution >= 4 is 27.6 Å². The van der Waals surface area contributed by atoms with Crippen molar-refractivity contribution in [1.29, 1.82) is 10.5 Å². The number of hydrogen-bond acceptors (Lipinski definition) is 4. The van der Waals surface area contributed by atoms with E-state index in [0.717, 1.165) is 5.56 Å². The van der Waals surface area contributed by atoms with E-state index in [4.69, 9.17) is 9.47 Å². The number of benzene rings is 3. The highest BCUT2D eigenvalue weighted by Crippen LogP contribution is 2.38. The van der Waals surface area contributed by atoms with Gasteiger partial charge in [0.1, 0.15) is 12.4 Å². The fourth-order valence-electron chi connectivity index (χ4n) is 2.98. The Labute approximate surface area is 188 Å². The van der Waals surface area contributed by atoms with Crippen LogP contribution in [0, 0.1) is 28.5 Å². The normalized spacial score (nSPS) is 10.8. The second-order valence-corrected chi connectivity index (χ2v) is 7.36. The van der Waals surface area contributed by atoms with Gasteiger partial charge in [0, 0.05) is 5.56 Å². The van der Waals surface area contributed by atoms with E-state index in [-0.39, 0.29) is 6.61 Å². The summed E-state index contributed by atoms with van der Waals surface area (Å²) in [6.07, 6.45) is 1.66. The van der Waals surface area contributed by atoms with Gasteiger partial charge in [0.15, 0.2) is 11.5 Å². The smallest absolute Gasteiger partial charge is 0.175 e. The van der Waals surface area contributed by atoms with Gasteiger partial charge in [-0.15, -0.1) is 0 Å². The number of ether oxygens (including phenoxy) is 2. The average Bonchev–Trinajstić information content (AvgIpc) is 2.77. The Bertz CT molecular complexity index is 1210. The minimum Gasteiger partial charge on any atom is -0.490 e. The molecule has 0 radical (unpaired) electrons. The van der Waals surface area contributed by atoms with Gasteiger partial charge in [0.25, 0.3) is 0 Å². The van der Waals surface area contributed by atoms with Crippen LogP contribution < -0.4 is 9.47 Å². The van der Waals surface area contributed by atoms with E-state index in [2.05, 4.69) is 28.1 Å². The summed E-state index contributed by atoms with van der Waals surface area (Å²) in [7, 11) is 0. The summed E-state index contributed by atoms with van der Waals surface area (Å²) in [5, 5.41) is 18.8. The standard InChI is InChI=1S/C25H18BrFN2O2/c1-2-30-24-12-17(10-21(15-29)18-8-5-9-22(27)13-18)11-23(26)25(24)31-16-20-7-4-3-6-19(20)14-28/h3-13H,2,16H2,1H3/b21-10-. The number of hydrogen-bond donors (Lipinski definition) is 0. The maximum atomic E-state index is 13.6. The van der Waals surface area contributed by atoms with Crippen molar-refractivity contribution in [2.75, 3.05) is 6.61 Å². The summed E-state index contributed by atoms with van der Waals surface area (Å²) >= 11 is 3.51. The predicted octanol–water partition coefficient (Wildman–Crippen LogP) is 6.50. The Hall–Kier alpha value is -3.61. The maximum absolute atomic E-state index is 13.6. The monoisotopic (exact) mass is 476 g/mol. The van der Waals surface area contributed by atoms with Crippen molar-refractivity contribution in [3.05, 3.63) is 93.2 Å². The van der Waals surface area contributed by atoms with E-state index in [1.165, 1.54) is 12.1 Å². The van der Waals surface area contributed by atoms with Crippen LogP contribution in [0.1, 0.15) is 29.2 Å². The zero-order valence-electron chi connectivity index (χ0n) is 16.7. The molecule has 3 aromatic rings. The molecule has 0 aromatic heterocycles. The minimum absolute atomic E-state index is 0.199. The van der Waals surface area contributed by atoms with Gasteiger partial charge < -0.3 is 9.47 Å². The van der Waals surface area contributed by atoms with Gasteiger partial charge in [-0.05, 0) is 70.4 Å². The van der Waals surface area contributed by atoms with Crippen LogP contribution in [0.3, 0.4) is 0 Å². The third kappa shape index (κ3) is 5.51. The lowest BCUT2D eigenvalue weighted by Crippen LogP contribution is -2.02. The van der Waals surface area contributed by atoms with Gasteiger partial charge in [-0.2, -0.15) is 10.5 Å². The first-order chi connectivity index (χ1) is 15.0. The Morgan fingerprint density at radius 1 is 1.06 bits per heavy atom. The molecule has 0 N–H and O–H groups in total. The minimum atomic E-state index is -0.406. The zero-order chi connectivity index (χ0) is 22.2. The van der Waals surface area contributed by atoms with Crippen molar-refractivity contribution in [3.63, 3.8) is 0 Å². The number of nitrogens with zero attached hydrogens (tertiary/aromatic N) is 2. The molecule has 31 heavy (non-hydrogen) atoms. The van der Waals surface area contributed by atoms with E-state index < -0.39 is 5.82 Å². The highest BCUT2D eigenvalue weighted by atomic mass is 79.9. The summed E-state index contributed by atoms with van der Waals surface area (Å²) in [5.41, 5.74) is 2.82. The molecule has 0 fully saturated rings. The molecule has 4 nitrogen and oxygen atoms in total. The van der Waals surface area contributed by atoms with Crippen LogP contribution in [0.25, 0.3) is 11.6 Å². The predicted molar refractivity (Wildman–Crippen MR) is 121 cm³/mol. The summed E-state index contributed by atoms with van der Waals surface area (Å²) in [6, 6.07) is 20.9. The summed E-state index contributed by atoms with van der Waals surface area (Å²) in [5.74, 6) is 0.585. The molecule has 0 heterocycles. The number of allylic oxidation sites excluding steroid dienone is 1. The van der Waals surface area contributed by atoms with Crippen LogP contribution >= 0.6 is 15.9 Å². The molecule has 0 saturated carbocycles. The molecule has 0 aliphatic rings. The fraction of sp³-hybridized carbons (Fsp3) is 0.120. The molecule has 0 atom stereocenters. The molecule has 6 heteroatoms. The Morgan fingerprint density at radius 3 is 2.58 bits per heavy atom. The van der Waals surface area contributed by atoms with Crippen molar-refractivity contribution < 1.29 is 13.9 Å². The topological polar surface area (TPSA) is 66.0 Å². The first kappa shape index (κ1) is 22.1. The van der Waals surface area contributed by atoms with Crippen molar-refractivity contribution in [1.82, 2.24) is 0 Å².